The van der Waals surface area contributed by atoms with E-state index in [1.54, 1.807) is 6.07 Å². The Morgan fingerprint density at radius 2 is 2.12 bits per heavy atom. The van der Waals surface area contributed by atoms with E-state index >= 15 is 0 Å². The zero-order valence-electron chi connectivity index (χ0n) is 14.6. The minimum absolute atomic E-state index is 0.0436. The van der Waals surface area contributed by atoms with Crippen molar-refractivity contribution < 1.29 is 19.5 Å². The number of ether oxygens (including phenoxy) is 1. The maximum Gasteiger partial charge on any atom is 0.281 e. The monoisotopic (exact) mass is 349 g/mol. The quantitative estimate of drug-likeness (QED) is 0.306. The third-order valence-corrected chi connectivity index (χ3v) is 4.28. The Balaban J connectivity index is 1.82. The summed E-state index contributed by atoms with van der Waals surface area (Å²) in [5, 5.41) is 14.7. The fraction of sp³-hybridized carbons (Fsp3) is 0.556. The minimum atomic E-state index is -0.605. The van der Waals surface area contributed by atoms with Crippen molar-refractivity contribution in [3.05, 3.63) is 29.3 Å². The molecule has 0 aliphatic carbocycles. The smallest absolute Gasteiger partial charge is 0.281 e. The van der Waals surface area contributed by atoms with Gasteiger partial charge in [-0.05, 0) is 36.1 Å². The van der Waals surface area contributed by atoms with Crippen molar-refractivity contribution in [2.24, 2.45) is 0 Å². The van der Waals surface area contributed by atoms with Gasteiger partial charge in [0.2, 0.25) is 5.91 Å². The van der Waals surface area contributed by atoms with Crippen LogP contribution in [0.5, 0.6) is 5.75 Å². The van der Waals surface area contributed by atoms with Gasteiger partial charge in [0.25, 0.3) is 5.91 Å². The molecule has 0 bridgehead atoms. The van der Waals surface area contributed by atoms with Crippen molar-refractivity contribution in [3.63, 3.8) is 0 Å². The van der Waals surface area contributed by atoms with Crippen LogP contribution in [0.15, 0.2) is 18.2 Å². The van der Waals surface area contributed by atoms with Crippen LogP contribution < -0.4 is 20.9 Å². The maximum atomic E-state index is 12.3. The average Bonchev–Trinajstić information content (AvgIpc) is 2.65. The molecule has 0 fully saturated rings. The first kappa shape index (κ1) is 19.2. The lowest BCUT2D eigenvalue weighted by molar-refractivity contribution is -0.131. The van der Waals surface area contributed by atoms with E-state index in [0.29, 0.717) is 18.7 Å². The molecule has 0 spiro atoms. The fourth-order valence-corrected chi connectivity index (χ4v) is 2.83. The van der Waals surface area contributed by atoms with Crippen LogP contribution >= 0.6 is 0 Å². The first-order valence-corrected chi connectivity index (χ1v) is 8.82. The Kier molecular flexibility index (Phi) is 7.69. The molecule has 0 unspecified atom stereocenters. The van der Waals surface area contributed by atoms with Crippen LogP contribution in [-0.4, -0.2) is 36.2 Å². The molecule has 1 aliphatic rings. The van der Waals surface area contributed by atoms with Crippen LogP contribution in [0.1, 0.15) is 43.7 Å². The van der Waals surface area contributed by atoms with Crippen LogP contribution in [0.25, 0.3) is 0 Å². The van der Waals surface area contributed by atoms with Crippen LogP contribution in [0, 0.1) is 0 Å². The summed E-state index contributed by atoms with van der Waals surface area (Å²) in [5.74, 6) is -0.00316. The highest BCUT2D eigenvalue weighted by molar-refractivity contribution is 5.82. The molecule has 1 heterocycles. The summed E-state index contributed by atoms with van der Waals surface area (Å²) in [6.45, 7) is 3.22. The summed E-state index contributed by atoms with van der Waals surface area (Å²) in [6, 6.07) is 5.33. The van der Waals surface area contributed by atoms with E-state index in [9.17, 15) is 9.59 Å². The van der Waals surface area contributed by atoms with Crippen LogP contribution in [-0.2, 0) is 22.6 Å². The zero-order valence-corrected chi connectivity index (χ0v) is 14.6. The summed E-state index contributed by atoms with van der Waals surface area (Å²) in [4.78, 5) is 23.2. The van der Waals surface area contributed by atoms with Crippen LogP contribution in [0.2, 0.25) is 0 Å². The number of hydrogen-bond acceptors (Lipinski definition) is 5. The molecule has 0 radical (unpaired) electrons. The van der Waals surface area contributed by atoms with E-state index in [2.05, 4.69) is 17.6 Å². The highest BCUT2D eigenvalue weighted by Gasteiger charge is 2.24. The zero-order chi connectivity index (χ0) is 18.1. The first-order valence-electron chi connectivity index (χ1n) is 8.82. The highest BCUT2D eigenvalue weighted by Crippen LogP contribution is 2.22. The molecule has 7 nitrogen and oxygen atoms in total. The van der Waals surface area contributed by atoms with Gasteiger partial charge in [0, 0.05) is 13.1 Å². The fourth-order valence-electron chi connectivity index (χ4n) is 2.83. The molecule has 0 saturated carbocycles. The van der Waals surface area contributed by atoms with E-state index in [1.807, 2.05) is 12.1 Å². The lowest BCUT2D eigenvalue weighted by Crippen LogP contribution is -2.47. The molecular formula is C18H27N3O4. The van der Waals surface area contributed by atoms with Gasteiger partial charge in [-0.2, -0.15) is 0 Å². The molecule has 25 heavy (non-hydrogen) atoms. The summed E-state index contributed by atoms with van der Waals surface area (Å²) in [5.41, 5.74) is 3.67. The van der Waals surface area contributed by atoms with Gasteiger partial charge in [-0.25, -0.2) is 5.48 Å². The Morgan fingerprint density at radius 3 is 2.88 bits per heavy atom. The van der Waals surface area contributed by atoms with Gasteiger partial charge < -0.3 is 15.4 Å². The number of nitrogens with one attached hydrogen (secondary N) is 3. The molecule has 7 heteroatoms. The van der Waals surface area contributed by atoms with Gasteiger partial charge in [0.1, 0.15) is 5.75 Å². The molecule has 0 aromatic heterocycles. The third kappa shape index (κ3) is 6.03. The van der Waals surface area contributed by atoms with E-state index < -0.39 is 5.91 Å². The normalized spacial score (nSPS) is 16.0. The van der Waals surface area contributed by atoms with E-state index in [0.717, 1.165) is 30.5 Å². The number of rotatable bonds is 9. The predicted molar refractivity (Wildman–Crippen MR) is 93.3 cm³/mol. The molecule has 138 valence electrons. The number of benzene rings is 1. The Labute approximate surface area is 148 Å². The van der Waals surface area contributed by atoms with Gasteiger partial charge in [-0.3, -0.25) is 14.8 Å². The maximum absolute atomic E-state index is 12.3. The van der Waals surface area contributed by atoms with E-state index in [4.69, 9.17) is 9.94 Å². The van der Waals surface area contributed by atoms with E-state index in [1.165, 1.54) is 18.3 Å². The number of carbonyl (C=O) groups is 2. The Hall–Kier alpha value is -2.12. The van der Waals surface area contributed by atoms with Crippen molar-refractivity contribution in [3.8, 4) is 5.75 Å². The second-order valence-corrected chi connectivity index (χ2v) is 6.24. The van der Waals surface area contributed by atoms with Crippen molar-refractivity contribution in [1.29, 1.82) is 0 Å². The van der Waals surface area contributed by atoms with Crippen LogP contribution in [0.4, 0.5) is 0 Å². The molecule has 1 aromatic carbocycles. The lowest BCUT2D eigenvalue weighted by Gasteiger charge is -2.26. The molecule has 2 rings (SSSR count). The second kappa shape index (κ2) is 10.0. The molecule has 2 amide bonds. The summed E-state index contributed by atoms with van der Waals surface area (Å²) in [6.07, 6.45) is 5.19. The summed E-state index contributed by atoms with van der Waals surface area (Å²) in [7, 11) is 0. The van der Waals surface area contributed by atoms with Gasteiger partial charge in [-0.15, -0.1) is 0 Å². The van der Waals surface area contributed by atoms with Gasteiger partial charge in [0.05, 0.1) is 6.04 Å². The second-order valence-electron chi connectivity index (χ2n) is 6.24. The minimum Gasteiger partial charge on any atom is -0.484 e. The van der Waals surface area contributed by atoms with Gasteiger partial charge >= 0.3 is 0 Å². The molecule has 1 aliphatic heterocycles. The SMILES string of the molecule is CCCCCCNC(=O)[C@@H]1Cc2ccc(OCC(=O)NO)cc2CN1. The number of hydroxylamine groups is 1. The first-order chi connectivity index (χ1) is 12.1. The summed E-state index contributed by atoms with van der Waals surface area (Å²) < 4.78 is 5.31. The molecular weight excluding hydrogens is 322 g/mol. The Morgan fingerprint density at radius 1 is 1.28 bits per heavy atom. The number of amides is 2. The highest BCUT2D eigenvalue weighted by atomic mass is 16.5. The largest absolute Gasteiger partial charge is 0.484 e. The van der Waals surface area contributed by atoms with Crippen LogP contribution in [0.3, 0.4) is 0 Å². The lowest BCUT2D eigenvalue weighted by atomic mass is 9.95. The third-order valence-electron chi connectivity index (χ3n) is 4.28. The Bertz CT molecular complexity index is 592. The van der Waals surface area contributed by atoms with Crippen molar-refractivity contribution in [2.45, 2.75) is 51.6 Å². The standard InChI is InChI=1S/C18H27N3O4/c1-2-3-4-5-8-19-18(23)16-10-13-6-7-15(9-14(13)11-20-16)25-12-17(22)21-24/h6-7,9,16,20,24H,2-5,8,10-12H2,1H3,(H,19,23)(H,21,22)/t16-/m0/s1. The topological polar surface area (TPSA) is 99.7 Å². The number of unbranched alkanes of at least 4 members (excludes halogenated alkanes) is 3. The summed E-state index contributed by atoms with van der Waals surface area (Å²) >= 11 is 0. The molecule has 0 saturated heterocycles. The van der Waals surface area contributed by atoms with Crippen molar-refractivity contribution in [2.75, 3.05) is 13.2 Å². The van der Waals surface area contributed by atoms with Crippen molar-refractivity contribution in [1.82, 2.24) is 16.1 Å². The number of carbonyl (C=O) groups excluding carboxylic acids is 2. The molecule has 4 N–H and O–H groups in total. The van der Waals surface area contributed by atoms with Gasteiger partial charge in [0.15, 0.2) is 6.61 Å². The van der Waals surface area contributed by atoms with Gasteiger partial charge in [-0.1, -0.05) is 32.3 Å². The van der Waals surface area contributed by atoms with Crippen molar-refractivity contribution >= 4 is 11.8 Å². The van der Waals surface area contributed by atoms with E-state index in [-0.39, 0.29) is 18.6 Å². The number of fused-ring (bicyclic) bond motifs is 1. The number of hydrogen-bond donors (Lipinski definition) is 4. The molecule has 1 atom stereocenters. The predicted octanol–water partition coefficient (Wildman–Crippen LogP) is 1.28. The molecule has 1 aromatic rings. The average molecular weight is 349 g/mol.